The van der Waals surface area contributed by atoms with Crippen molar-refractivity contribution in [2.24, 2.45) is 0 Å². The third kappa shape index (κ3) is 1.89. The minimum Gasteiger partial charge on any atom is -0.443 e. The van der Waals surface area contributed by atoms with Crippen LogP contribution in [0, 0.1) is 0 Å². The molecule has 0 aromatic carbocycles. The van der Waals surface area contributed by atoms with Gasteiger partial charge >= 0.3 is 0 Å². The van der Waals surface area contributed by atoms with Gasteiger partial charge in [0.2, 0.25) is 5.89 Å². The molecule has 0 aliphatic rings. The normalized spacial score (nSPS) is 10.7. The zero-order valence-corrected chi connectivity index (χ0v) is 9.98. The van der Waals surface area contributed by atoms with Crippen molar-refractivity contribution >= 4 is 27.3 Å². The minimum absolute atomic E-state index is 0.678. The topological polar surface area (TPSA) is 38.1 Å². The van der Waals surface area contributed by atoms with Crippen LogP contribution in [0.1, 0.15) is 5.69 Å². The van der Waals surface area contributed by atoms with Gasteiger partial charge in [-0.05, 0) is 34.4 Å². The van der Waals surface area contributed by atoms with Gasteiger partial charge in [-0.25, -0.2) is 4.98 Å². The summed E-state index contributed by atoms with van der Waals surface area (Å²) in [6.07, 6.45) is 1.68. The van der Waals surface area contributed by atoms with Crippen molar-refractivity contribution in [1.82, 2.24) is 10.3 Å². The third-order valence-corrected chi connectivity index (χ3v) is 3.55. The molecule has 0 aliphatic carbocycles. The first-order valence-corrected chi connectivity index (χ1v) is 5.81. The lowest BCUT2D eigenvalue weighted by Crippen LogP contribution is -2.04. The molecule has 1 N–H and O–H groups in total. The van der Waals surface area contributed by atoms with Crippen LogP contribution < -0.4 is 5.32 Å². The fourth-order valence-corrected chi connectivity index (χ4v) is 2.59. The Morgan fingerprint density at radius 2 is 2.50 bits per heavy atom. The predicted molar refractivity (Wildman–Crippen MR) is 60.3 cm³/mol. The molecule has 0 unspecified atom stereocenters. The number of nitrogens with zero attached hydrogens (tertiary/aromatic N) is 1. The molecule has 14 heavy (non-hydrogen) atoms. The summed E-state index contributed by atoms with van der Waals surface area (Å²) in [5.41, 5.74) is 0.919. The van der Waals surface area contributed by atoms with Gasteiger partial charge in [0.1, 0.15) is 11.1 Å². The SMILES string of the molecule is CNCc1coc(-c2sccc2Br)n1. The molecule has 2 rings (SSSR count). The monoisotopic (exact) mass is 272 g/mol. The highest BCUT2D eigenvalue weighted by Crippen LogP contribution is 2.32. The summed E-state index contributed by atoms with van der Waals surface area (Å²) in [4.78, 5) is 5.39. The number of oxazole rings is 1. The lowest BCUT2D eigenvalue weighted by molar-refractivity contribution is 0.573. The van der Waals surface area contributed by atoms with Crippen molar-refractivity contribution in [1.29, 1.82) is 0 Å². The maximum atomic E-state index is 5.37. The second-order valence-electron chi connectivity index (χ2n) is 2.77. The summed E-state index contributed by atoms with van der Waals surface area (Å²) in [5, 5.41) is 5.03. The highest BCUT2D eigenvalue weighted by Gasteiger charge is 2.10. The van der Waals surface area contributed by atoms with Crippen molar-refractivity contribution in [2.75, 3.05) is 7.05 Å². The van der Waals surface area contributed by atoms with Crippen molar-refractivity contribution in [2.45, 2.75) is 6.54 Å². The van der Waals surface area contributed by atoms with Crippen LogP contribution in [0.15, 0.2) is 26.6 Å². The van der Waals surface area contributed by atoms with Crippen molar-refractivity contribution in [3.8, 4) is 10.8 Å². The Balaban J connectivity index is 2.29. The van der Waals surface area contributed by atoms with E-state index >= 15 is 0 Å². The molecule has 74 valence electrons. The Hall–Kier alpha value is -0.650. The number of hydrogen-bond acceptors (Lipinski definition) is 4. The molecule has 0 saturated heterocycles. The first-order valence-electron chi connectivity index (χ1n) is 4.13. The molecule has 0 atom stereocenters. The second kappa shape index (κ2) is 4.25. The lowest BCUT2D eigenvalue weighted by Gasteiger charge is -1.90. The van der Waals surface area contributed by atoms with Crippen LogP contribution in [0.3, 0.4) is 0 Å². The van der Waals surface area contributed by atoms with E-state index in [9.17, 15) is 0 Å². The van der Waals surface area contributed by atoms with E-state index in [0.717, 1.165) is 21.6 Å². The molecular weight excluding hydrogens is 264 g/mol. The number of hydrogen-bond donors (Lipinski definition) is 1. The standard InChI is InChI=1S/C9H9BrN2OS/c1-11-4-6-5-13-9(12-6)8-7(10)2-3-14-8/h2-3,5,11H,4H2,1H3. The van der Waals surface area contributed by atoms with Crippen LogP contribution in [-0.4, -0.2) is 12.0 Å². The van der Waals surface area contributed by atoms with E-state index in [0.29, 0.717) is 5.89 Å². The van der Waals surface area contributed by atoms with Gasteiger partial charge in [0.25, 0.3) is 0 Å². The summed E-state index contributed by atoms with van der Waals surface area (Å²) in [7, 11) is 1.88. The summed E-state index contributed by atoms with van der Waals surface area (Å²) in [6, 6.07) is 1.99. The van der Waals surface area contributed by atoms with Crippen LogP contribution in [0.5, 0.6) is 0 Å². The van der Waals surface area contributed by atoms with E-state index in [-0.39, 0.29) is 0 Å². The zero-order valence-electron chi connectivity index (χ0n) is 7.58. The predicted octanol–water partition coefficient (Wildman–Crippen LogP) is 2.89. The second-order valence-corrected chi connectivity index (χ2v) is 4.54. The van der Waals surface area contributed by atoms with E-state index in [1.165, 1.54) is 0 Å². The minimum atomic E-state index is 0.678. The first-order chi connectivity index (χ1) is 6.81. The molecule has 2 aromatic rings. The van der Waals surface area contributed by atoms with Crippen molar-refractivity contribution in [3.63, 3.8) is 0 Å². The summed E-state index contributed by atoms with van der Waals surface area (Å²) in [5.74, 6) is 0.678. The molecule has 5 heteroatoms. The van der Waals surface area contributed by atoms with Gasteiger partial charge in [-0.2, -0.15) is 0 Å². The number of halogens is 1. The van der Waals surface area contributed by atoms with E-state index in [4.69, 9.17) is 4.42 Å². The fourth-order valence-electron chi connectivity index (χ4n) is 1.12. The first kappa shape index (κ1) is 9.89. The average Bonchev–Trinajstić information content (AvgIpc) is 2.74. The number of nitrogens with one attached hydrogen (secondary N) is 1. The number of thiophene rings is 1. The molecule has 0 spiro atoms. The number of aromatic nitrogens is 1. The van der Waals surface area contributed by atoms with E-state index in [1.54, 1.807) is 17.6 Å². The Labute approximate surface area is 94.3 Å². The molecule has 0 radical (unpaired) electrons. The molecule has 2 heterocycles. The van der Waals surface area contributed by atoms with Gasteiger partial charge in [0.15, 0.2) is 0 Å². The van der Waals surface area contributed by atoms with Gasteiger partial charge in [0, 0.05) is 11.0 Å². The number of rotatable bonds is 3. The van der Waals surface area contributed by atoms with Gasteiger partial charge in [-0.3, -0.25) is 0 Å². The van der Waals surface area contributed by atoms with E-state index in [2.05, 4.69) is 26.2 Å². The molecule has 0 saturated carbocycles. The third-order valence-electron chi connectivity index (χ3n) is 1.72. The van der Waals surface area contributed by atoms with Crippen LogP contribution in [0.2, 0.25) is 0 Å². The van der Waals surface area contributed by atoms with Crippen LogP contribution in [-0.2, 0) is 6.54 Å². The maximum absolute atomic E-state index is 5.37. The Morgan fingerprint density at radius 1 is 1.64 bits per heavy atom. The summed E-state index contributed by atoms with van der Waals surface area (Å²) in [6.45, 7) is 0.729. The smallest absolute Gasteiger partial charge is 0.237 e. The van der Waals surface area contributed by atoms with Crippen molar-refractivity contribution < 1.29 is 4.42 Å². The molecule has 0 fully saturated rings. The molecule has 3 nitrogen and oxygen atoms in total. The highest BCUT2D eigenvalue weighted by atomic mass is 79.9. The average molecular weight is 273 g/mol. The molecule has 2 aromatic heterocycles. The zero-order chi connectivity index (χ0) is 9.97. The quantitative estimate of drug-likeness (QED) is 0.934. The lowest BCUT2D eigenvalue weighted by atomic mass is 10.4. The van der Waals surface area contributed by atoms with Crippen LogP contribution in [0.25, 0.3) is 10.8 Å². The Morgan fingerprint density at radius 3 is 3.14 bits per heavy atom. The molecule has 0 aliphatic heterocycles. The van der Waals surface area contributed by atoms with E-state index in [1.807, 2.05) is 18.5 Å². The van der Waals surface area contributed by atoms with E-state index < -0.39 is 0 Å². The highest BCUT2D eigenvalue weighted by molar-refractivity contribution is 9.10. The van der Waals surface area contributed by atoms with Crippen molar-refractivity contribution in [3.05, 3.63) is 27.9 Å². The Kier molecular flexibility index (Phi) is 3.00. The molecule has 0 bridgehead atoms. The van der Waals surface area contributed by atoms with Crippen LogP contribution in [0.4, 0.5) is 0 Å². The fraction of sp³-hybridized carbons (Fsp3) is 0.222. The van der Waals surface area contributed by atoms with Gasteiger partial charge < -0.3 is 9.73 Å². The summed E-state index contributed by atoms with van der Waals surface area (Å²) < 4.78 is 6.40. The maximum Gasteiger partial charge on any atom is 0.237 e. The van der Waals surface area contributed by atoms with Gasteiger partial charge in [-0.15, -0.1) is 11.3 Å². The van der Waals surface area contributed by atoms with Gasteiger partial charge in [-0.1, -0.05) is 0 Å². The van der Waals surface area contributed by atoms with Crippen LogP contribution >= 0.6 is 27.3 Å². The Bertz CT molecular complexity index is 424. The molecular formula is C9H9BrN2OS. The largest absolute Gasteiger partial charge is 0.443 e. The van der Waals surface area contributed by atoms with Gasteiger partial charge in [0.05, 0.1) is 5.69 Å². The molecule has 0 amide bonds. The summed E-state index contributed by atoms with van der Waals surface area (Å²) >= 11 is 5.06.